The Kier molecular flexibility index (Phi) is 7.12. The van der Waals surface area contributed by atoms with Crippen molar-refractivity contribution >= 4 is 12.1 Å². The minimum Gasteiger partial charge on any atom is -0.457 e. The van der Waals surface area contributed by atoms with Gasteiger partial charge < -0.3 is 24.3 Å². The van der Waals surface area contributed by atoms with Gasteiger partial charge in [-0.2, -0.15) is 0 Å². The molecule has 0 bridgehead atoms. The largest absolute Gasteiger partial charge is 0.509 e. The van der Waals surface area contributed by atoms with Crippen molar-refractivity contribution in [1.29, 1.82) is 0 Å². The fraction of sp³-hybridized carbons (Fsp3) is 0.435. The number of carbonyl (C=O) groups excluding carboxylic acids is 2. The Morgan fingerprint density at radius 3 is 2.45 bits per heavy atom. The Bertz CT molecular complexity index is 879. The molecule has 1 aromatic carbocycles. The molecule has 2 aromatic rings. The molecule has 3 rings (SSSR count). The van der Waals surface area contributed by atoms with Gasteiger partial charge in [0.2, 0.25) is 0 Å². The molecular formula is C23H28N2O6. The molecule has 2 heterocycles. The lowest BCUT2D eigenvalue weighted by atomic mass is 10.0. The third-order valence-electron chi connectivity index (χ3n) is 4.53. The maximum absolute atomic E-state index is 12.1. The van der Waals surface area contributed by atoms with Crippen molar-refractivity contribution in [2.24, 2.45) is 0 Å². The monoisotopic (exact) mass is 428 g/mol. The molecule has 1 unspecified atom stereocenters. The predicted octanol–water partition coefficient (Wildman–Crippen LogP) is 3.64. The number of pyridine rings is 1. The lowest BCUT2D eigenvalue weighted by Gasteiger charge is -2.25. The van der Waals surface area contributed by atoms with Crippen molar-refractivity contribution < 1.29 is 28.5 Å². The number of ether oxygens (including phenoxy) is 4. The van der Waals surface area contributed by atoms with Crippen molar-refractivity contribution in [2.75, 3.05) is 6.54 Å². The highest BCUT2D eigenvalue weighted by Crippen LogP contribution is 2.24. The highest BCUT2D eigenvalue weighted by Gasteiger charge is 2.41. The summed E-state index contributed by atoms with van der Waals surface area (Å²) in [4.78, 5) is 27.7. The van der Waals surface area contributed by atoms with E-state index in [0.717, 1.165) is 5.56 Å². The molecule has 8 heteroatoms. The van der Waals surface area contributed by atoms with E-state index in [4.69, 9.17) is 18.9 Å². The van der Waals surface area contributed by atoms with Crippen LogP contribution in [0.25, 0.3) is 0 Å². The minimum atomic E-state index is -0.783. The number of hydrogen-bond acceptors (Lipinski definition) is 8. The number of nitrogens with one attached hydrogen (secondary N) is 1. The van der Waals surface area contributed by atoms with Crippen LogP contribution in [0.3, 0.4) is 0 Å². The molecule has 1 aliphatic rings. The lowest BCUT2D eigenvalue weighted by Crippen LogP contribution is -2.40. The number of esters is 1. The summed E-state index contributed by atoms with van der Waals surface area (Å²) in [6.45, 7) is 6.98. The van der Waals surface area contributed by atoms with E-state index in [-0.39, 0.29) is 6.04 Å². The average molecular weight is 428 g/mol. The quantitative estimate of drug-likeness (QED) is 0.697. The first-order valence-electron chi connectivity index (χ1n) is 10.2. The zero-order valence-corrected chi connectivity index (χ0v) is 18.2. The minimum absolute atomic E-state index is 0.207. The van der Waals surface area contributed by atoms with E-state index in [2.05, 4.69) is 10.3 Å². The predicted molar refractivity (Wildman–Crippen MR) is 113 cm³/mol. The summed E-state index contributed by atoms with van der Waals surface area (Å²) >= 11 is 0. The average Bonchev–Trinajstić information content (AvgIpc) is 3.03. The van der Waals surface area contributed by atoms with Crippen LogP contribution in [-0.2, 0) is 25.4 Å². The lowest BCUT2D eigenvalue weighted by molar-refractivity contribution is -0.152. The van der Waals surface area contributed by atoms with Crippen LogP contribution >= 0.6 is 0 Å². The molecule has 0 saturated carbocycles. The first-order chi connectivity index (χ1) is 14.7. The molecule has 31 heavy (non-hydrogen) atoms. The van der Waals surface area contributed by atoms with Gasteiger partial charge in [-0.25, -0.2) is 4.79 Å². The van der Waals surface area contributed by atoms with E-state index in [1.54, 1.807) is 39.2 Å². The maximum Gasteiger partial charge on any atom is 0.509 e. The number of benzene rings is 1. The molecule has 3 atom stereocenters. The summed E-state index contributed by atoms with van der Waals surface area (Å²) in [7, 11) is 0. The van der Waals surface area contributed by atoms with Gasteiger partial charge in [-0.1, -0.05) is 12.1 Å². The Morgan fingerprint density at radius 1 is 1.10 bits per heavy atom. The van der Waals surface area contributed by atoms with Crippen LogP contribution in [0.5, 0.6) is 11.5 Å². The second-order valence-corrected chi connectivity index (χ2v) is 8.35. The maximum atomic E-state index is 12.1. The number of aromatic nitrogens is 1. The number of carbonyl (C=O) groups is 2. The van der Waals surface area contributed by atoms with E-state index < -0.39 is 29.9 Å². The summed E-state index contributed by atoms with van der Waals surface area (Å²) < 4.78 is 21.9. The van der Waals surface area contributed by atoms with Crippen molar-refractivity contribution in [2.45, 2.75) is 58.0 Å². The van der Waals surface area contributed by atoms with Crippen LogP contribution in [0.1, 0.15) is 33.3 Å². The summed E-state index contributed by atoms with van der Waals surface area (Å²) in [6.07, 6.45) is 1.89. The van der Waals surface area contributed by atoms with Gasteiger partial charge in [-0.15, -0.1) is 0 Å². The zero-order valence-electron chi connectivity index (χ0n) is 18.2. The third-order valence-corrected chi connectivity index (χ3v) is 4.53. The number of rotatable bonds is 6. The Morgan fingerprint density at radius 2 is 1.84 bits per heavy atom. The Hall–Kier alpha value is -3.13. The van der Waals surface area contributed by atoms with Gasteiger partial charge in [0.15, 0.2) is 12.2 Å². The van der Waals surface area contributed by atoms with Gasteiger partial charge in [-0.05, 0) is 57.0 Å². The van der Waals surface area contributed by atoms with Crippen molar-refractivity contribution in [1.82, 2.24) is 10.3 Å². The first-order valence-corrected chi connectivity index (χ1v) is 10.2. The van der Waals surface area contributed by atoms with Crippen molar-refractivity contribution in [3.05, 3.63) is 54.4 Å². The smallest absolute Gasteiger partial charge is 0.457 e. The molecule has 1 N–H and O–H groups in total. The Labute approximate surface area is 181 Å². The molecule has 166 valence electrons. The van der Waals surface area contributed by atoms with E-state index in [0.29, 0.717) is 24.5 Å². The van der Waals surface area contributed by atoms with E-state index in [1.807, 2.05) is 30.3 Å². The van der Waals surface area contributed by atoms with E-state index in [9.17, 15) is 9.59 Å². The van der Waals surface area contributed by atoms with Gasteiger partial charge in [0.1, 0.15) is 17.1 Å². The molecule has 0 aliphatic carbocycles. The third kappa shape index (κ3) is 6.96. The molecule has 1 aliphatic heterocycles. The van der Waals surface area contributed by atoms with Crippen LogP contribution in [0.2, 0.25) is 0 Å². The second kappa shape index (κ2) is 9.78. The van der Waals surface area contributed by atoms with Crippen LogP contribution in [0, 0.1) is 0 Å². The molecular weight excluding hydrogens is 400 g/mol. The van der Waals surface area contributed by atoms with Crippen LogP contribution in [-0.4, -0.2) is 47.5 Å². The summed E-state index contributed by atoms with van der Waals surface area (Å²) in [5.74, 6) is 0.917. The van der Waals surface area contributed by atoms with Crippen LogP contribution in [0.15, 0.2) is 48.8 Å². The van der Waals surface area contributed by atoms with Crippen molar-refractivity contribution in [3.63, 3.8) is 0 Å². The fourth-order valence-electron chi connectivity index (χ4n) is 3.29. The van der Waals surface area contributed by atoms with Gasteiger partial charge in [0.25, 0.3) is 0 Å². The van der Waals surface area contributed by atoms with Gasteiger partial charge in [0, 0.05) is 19.7 Å². The summed E-state index contributed by atoms with van der Waals surface area (Å²) in [6, 6.07) is 11.1. The molecule has 1 saturated heterocycles. The molecule has 0 spiro atoms. The number of hydrogen-bond donors (Lipinski definition) is 1. The first kappa shape index (κ1) is 22.6. The topological polar surface area (TPSA) is 96.0 Å². The highest BCUT2D eigenvalue weighted by atomic mass is 16.7. The van der Waals surface area contributed by atoms with Crippen LogP contribution in [0.4, 0.5) is 4.79 Å². The standard InChI is InChI=1S/C23H28N2O6/c1-15(26)28-21-19(25-14-20(21)30-22(27)31-23(2,3)4)12-16-7-9-17(10-8-16)29-18-6-5-11-24-13-18/h5-11,13,19-21,25H,12,14H2,1-4H3/t19-,20?,21+/m1/s1. The molecule has 1 aromatic heterocycles. The van der Waals surface area contributed by atoms with Gasteiger partial charge in [0.05, 0.1) is 12.2 Å². The SMILES string of the molecule is CC(=O)O[C@@H]1C(OC(=O)OC(C)(C)C)CN[C@@H]1Cc1ccc(Oc2cccnc2)cc1. The summed E-state index contributed by atoms with van der Waals surface area (Å²) in [5, 5.41) is 3.28. The molecule has 0 radical (unpaired) electrons. The molecule has 0 amide bonds. The fourth-order valence-corrected chi connectivity index (χ4v) is 3.29. The van der Waals surface area contributed by atoms with Crippen LogP contribution < -0.4 is 10.1 Å². The Balaban J connectivity index is 1.62. The van der Waals surface area contributed by atoms with Gasteiger partial charge in [-0.3, -0.25) is 9.78 Å². The normalized spacial score (nSPS) is 20.7. The molecule has 8 nitrogen and oxygen atoms in total. The zero-order chi connectivity index (χ0) is 22.4. The van der Waals surface area contributed by atoms with Gasteiger partial charge >= 0.3 is 12.1 Å². The highest BCUT2D eigenvalue weighted by molar-refractivity contribution is 5.66. The summed E-state index contributed by atoms with van der Waals surface area (Å²) in [5.41, 5.74) is 0.352. The second-order valence-electron chi connectivity index (χ2n) is 8.35. The van der Waals surface area contributed by atoms with Crippen molar-refractivity contribution in [3.8, 4) is 11.5 Å². The molecule has 1 fully saturated rings. The number of nitrogens with zero attached hydrogens (tertiary/aromatic N) is 1. The van der Waals surface area contributed by atoms with E-state index in [1.165, 1.54) is 6.92 Å². The van der Waals surface area contributed by atoms with E-state index >= 15 is 0 Å².